The van der Waals surface area contributed by atoms with Crippen LogP contribution in [0.2, 0.25) is 0 Å². The number of hydrogen-bond donors (Lipinski definition) is 1. The molecule has 6 heteroatoms. The van der Waals surface area contributed by atoms with E-state index in [4.69, 9.17) is 0 Å². The van der Waals surface area contributed by atoms with Gasteiger partial charge in [0.05, 0.1) is 24.9 Å². The Morgan fingerprint density at radius 1 is 1.19 bits per heavy atom. The molecule has 2 aromatic heterocycles. The molecule has 1 aromatic carbocycles. The Bertz CT molecular complexity index is 999. The number of carbonyl (C=O) groups excluding carboxylic acids is 1. The molecule has 1 atom stereocenters. The zero-order valence-corrected chi connectivity index (χ0v) is 15.5. The Balaban J connectivity index is 1.72. The standard InChI is InChI=1S/C20H24N4O2/c1-12-7-8-18-17(9-12)16-5-4-6-19(26)20(16)23(18)10-15(25)11-24-14(3)21-13(2)22-24/h7-9,15,25H,4-6,10-11H2,1-3H3/t15-/m0/s1. The molecule has 2 heterocycles. The van der Waals surface area contributed by atoms with Crippen LogP contribution in [0.3, 0.4) is 0 Å². The number of ketones is 1. The van der Waals surface area contributed by atoms with E-state index in [1.54, 1.807) is 4.68 Å². The smallest absolute Gasteiger partial charge is 0.179 e. The SMILES string of the molecule is Cc1ccc2c(c1)c1c(n2C[C@H](O)Cn2nc(C)nc2C)C(=O)CCC1. The second-order valence-electron chi connectivity index (χ2n) is 7.28. The van der Waals surface area contributed by atoms with Gasteiger partial charge in [0.2, 0.25) is 0 Å². The average molecular weight is 352 g/mol. The lowest BCUT2D eigenvalue weighted by Crippen LogP contribution is -2.26. The van der Waals surface area contributed by atoms with Gasteiger partial charge >= 0.3 is 0 Å². The van der Waals surface area contributed by atoms with Gasteiger partial charge in [0.15, 0.2) is 5.78 Å². The van der Waals surface area contributed by atoms with Gasteiger partial charge in [-0.3, -0.25) is 4.79 Å². The number of rotatable bonds is 4. The maximum atomic E-state index is 12.6. The van der Waals surface area contributed by atoms with E-state index in [0.717, 1.165) is 40.8 Å². The predicted molar refractivity (Wildman–Crippen MR) is 99.4 cm³/mol. The monoisotopic (exact) mass is 352 g/mol. The molecule has 0 unspecified atom stereocenters. The lowest BCUT2D eigenvalue weighted by molar-refractivity contribution is 0.0952. The molecule has 26 heavy (non-hydrogen) atoms. The van der Waals surface area contributed by atoms with Gasteiger partial charge in [-0.25, -0.2) is 9.67 Å². The summed E-state index contributed by atoms with van der Waals surface area (Å²) in [6, 6.07) is 6.28. The third kappa shape index (κ3) is 2.84. The molecule has 3 aromatic rings. The number of aliphatic hydroxyl groups is 1. The number of nitrogens with zero attached hydrogens (tertiary/aromatic N) is 4. The van der Waals surface area contributed by atoms with Crippen molar-refractivity contribution in [3.63, 3.8) is 0 Å². The molecule has 0 radical (unpaired) electrons. The predicted octanol–water partition coefficient (Wildman–Crippen LogP) is 2.74. The first kappa shape index (κ1) is 17.0. The summed E-state index contributed by atoms with van der Waals surface area (Å²) < 4.78 is 3.74. The minimum atomic E-state index is -0.648. The molecule has 0 spiro atoms. The number of aryl methyl sites for hydroxylation is 4. The number of aromatic nitrogens is 4. The first-order valence-corrected chi connectivity index (χ1v) is 9.15. The number of benzene rings is 1. The summed E-state index contributed by atoms with van der Waals surface area (Å²) in [4.78, 5) is 16.9. The van der Waals surface area contributed by atoms with Crippen molar-refractivity contribution in [2.75, 3.05) is 0 Å². The summed E-state index contributed by atoms with van der Waals surface area (Å²) in [6.45, 7) is 6.53. The van der Waals surface area contributed by atoms with E-state index in [2.05, 4.69) is 35.2 Å². The van der Waals surface area contributed by atoms with Gasteiger partial charge in [-0.1, -0.05) is 11.6 Å². The van der Waals surface area contributed by atoms with Gasteiger partial charge in [0, 0.05) is 17.3 Å². The highest BCUT2D eigenvalue weighted by molar-refractivity contribution is 6.04. The van der Waals surface area contributed by atoms with Crippen LogP contribution in [0.15, 0.2) is 18.2 Å². The summed E-state index contributed by atoms with van der Waals surface area (Å²) in [5.74, 6) is 1.66. The first-order chi connectivity index (χ1) is 12.4. The minimum Gasteiger partial charge on any atom is -0.389 e. The number of fused-ring (bicyclic) bond motifs is 3. The number of hydrogen-bond acceptors (Lipinski definition) is 4. The largest absolute Gasteiger partial charge is 0.389 e. The number of Topliss-reactive ketones (excluding diaryl/α,β-unsaturated/α-hetero) is 1. The van der Waals surface area contributed by atoms with E-state index in [9.17, 15) is 9.90 Å². The lowest BCUT2D eigenvalue weighted by Gasteiger charge is -2.18. The molecule has 4 rings (SSSR count). The summed E-state index contributed by atoms with van der Waals surface area (Å²) >= 11 is 0. The van der Waals surface area contributed by atoms with Crippen LogP contribution in [0.25, 0.3) is 10.9 Å². The van der Waals surface area contributed by atoms with Crippen molar-refractivity contribution in [3.8, 4) is 0 Å². The molecule has 0 amide bonds. The van der Waals surface area contributed by atoms with E-state index in [1.165, 1.54) is 5.56 Å². The van der Waals surface area contributed by atoms with E-state index in [0.29, 0.717) is 25.3 Å². The Labute approximate surface area is 152 Å². The molecule has 0 aliphatic heterocycles. The van der Waals surface area contributed by atoms with Crippen LogP contribution < -0.4 is 0 Å². The molecule has 1 aliphatic carbocycles. The molecule has 0 saturated carbocycles. The van der Waals surface area contributed by atoms with Crippen molar-refractivity contribution in [1.82, 2.24) is 19.3 Å². The Morgan fingerprint density at radius 3 is 2.73 bits per heavy atom. The van der Waals surface area contributed by atoms with Crippen LogP contribution in [-0.2, 0) is 19.5 Å². The molecule has 6 nitrogen and oxygen atoms in total. The fraction of sp³-hybridized carbons (Fsp3) is 0.450. The third-order valence-corrected chi connectivity index (χ3v) is 5.16. The van der Waals surface area contributed by atoms with E-state index < -0.39 is 6.10 Å². The normalized spacial score (nSPS) is 15.5. The lowest BCUT2D eigenvalue weighted by atomic mass is 9.94. The zero-order valence-electron chi connectivity index (χ0n) is 15.5. The van der Waals surface area contributed by atoms with Gasteiger partial charge in [-0.05, 0) is 51.3 Å². The van der Waals surface area contributed by atoms with Gasteiger partial charge in [-0.15, -0.1) is 0 Å². The Kier molecular flexibility index (Phi) is 4.15. The van der Waals surface area contributed by atoms with Crippen LogP contribution in [0.4, 0.5) is 0 Å². The van der Waals surface area contributed by atoms with Crippen molar-refractivity contribution >= 4 is 16.7 Å². The topological polar surface area (TPSA) is 72.9 Å². The summed E-state index contributed by atoms with van der Waals surface area (Å²) in [6.07, 6.45) is 1.76. The van der Waals surface area contributed by atoms with Crippen molar-refractivity contribution in [3.05, 3.63) is 46.7 Å². The maximum Gasteiger partial charge on any atom is 0.179 e. The zero-order chi connectivity index (χ0) is 18.4. The van der Waals surface area contributed by atoms with Crippen LogP contribution in [0, 0.1) is 20.8 Å². The highest BCUT2D eigenvalue weighted by Gasteiger charge is 2.27. The third-order valence-electron chi connectivity index (χ3n) is 5.16. The van der Waals surface area contributed by atoms with Gasteiger partial charge in [-0.2, -0.15) is 5.10 Å². The minimum absolute atomic E-state index is 0.181. The van der Waals surface area contributed by atoms with Gasteiger partial charge in [0.25, 0.3) is 0 Å². The molecule has 136 valence electrons. The van der Waals surface area contributed by atoms with Crippen molar-refractivity contribution in [2.24, 2.45) is 0 Å². The van der Waals surface area contributed by atoms with Gasteiger partial charge < -0.3 is 9.67 Å². The fourth-order valence-electron chi connectivity index (χ4n) is 4.05. The van der Waals surface area contributed by atoms with Crippen LogP contribution in [-0.4, -0.2) is 36.3 Å². The molecule has 0 bridgehead atoms. The van der Waals surface area contributed by atoms with Crippen molar-refractivity contribution in [1.29, 1.82) is 0 Å². The van der Waals surface area contributed by atoms with E-state index in [-0.39, 0.29) is 5.78 Å². The number of aliphatic hydroxyl groups excluding tert-OH is 1. The molecule has 1 aliphatic rings. The van der Waals surface area contributed by atoms with Crippen molar-refractivity contribution < 1.29 is 9.90 Å². The second-order valence-corrected chi connectivity index (χ2v) is 7.28. The van der Waals surface area contributed by atoms with E-state index in [1.807, 2.05) is 18.4 Å². The molecule has 0 fully saturated rings. The van der Waals surface area contributed by atoms with Crippen molar-refractivity contribution in [2.45, 2.75) is 59.2 Å². The highest BCUT2D eigenvalue weighted by Crippen LogP contribution is 2.33. The number of carbonyl (C=O) groups is 1. The molecule has 0 saturated heterocycles. The highest BCUT2D eigenvalue weighted by atomic mass is 16.3. The summed E-state index contributed by atoms with van der Waals surface area (Å²) in [5.41, 5.74) is 4.13. The van der Waals surface area contributed by atoms with Crippen LogP contribution >= 0.6 is 0 Å². The average Bonchev–Trinajstić information content (AvgIpc) is 3.05. The molecular formula is C20H24N4O2. The molecular weight excluding hydrogens is 328 g/mol. The summed E-state index contributed by atoms with van der Waals surface area (Å²) in [7, 11) is 0. The maximum absolute atomic E-state index is 12.6. The Morgan fingerprint density at radius 2 is 2.00 bits per heavy atom. The Hall–Kier alpha value is -2.47. The van der Waals surface area contributed by atoms with E-state index >= 15 is 0 Å². The summed E-state index contributed by atoms with van der Waals surface area (Å²) in [5, 5.41) is 16.2. The fourth-order valence-corrected chi connectivity index (χ4v) is 4.05. The van der Waals surface area contributed by atoms with Crippen LogP contribution in [0.1, 0.15) is 46.1 Å². The first-order valence-electron chi connectivity index (χ1n) is 9.15. The van der Waals surface area contributed by atoms with Crippen LogP contribution in [0.5, 0.6) is 0 Å². The second kappa shape index (κ2) is 6.36. The van der Waals surface area contributed by atoms with Gasteiger partial charge in [0.1, 0.15) is 11.6 Å². The molecule has 1 N–H and O–H groups in total. The quantitative estimate of drug-likeness (QED) is 0.784.